The maximum Gasteiger partial charge on any atom is 0.225 e. The molecular formula is C14H17ClN4S. The van der Waals surface area contributed by atoms with E-state index in [-0.39, 0.29) is 0 Å². The molecular weight excluding hydrogens is 292 g/mol. The van der Waals surface area contributed by atoms with Gasteiger partial charge in [-0.15, -0.1) is 11.3 Å². The van der Waals surface area contributed by atoms with Crippen molar-refractivity contribution in [2.24, 2.45) is 0 Å². The molecule has 2 aliphatic heterocycles. The van der Waals surface area contributed by atoms with Crippen LogP contribution in [0.15, 0.2) is 11.4 Å². The van der Waals surface area contributed by atoms with Crippen LogP contribution in [0.3, 0.4) is 0 Å². The van der Waals surface area contributed by atoms with Gasteiger partial charge in [-0.25, -0.2) is 4.98 Å². The van der Waals surface area contributed by atoms with Gasteiger partial charge in [0.15, 0.2) is 0 Å². The fourth-order valence-electron chi connectivity index (χ4n) is 3.52. The third-order valence-corrected chi connectivity index (χ3v) is 5.46. The van der Waals surface area contributed by atoms with Crippen LogP contribution < -0.4 is 4.90 Å². The second kappa shape index (κ2) is 4.83. The van der Waals surface area contributed by atoms with Crippen molar-refractivity contribution >= 4 is 39.0 Å². The van der Waals surface area contributed by atoms with Gasteiger partial charge in [-0.1, -0.05) is 0 Å². The van der Waals surface area contributed by atoms with Gasteiger partial charge in [0.1, 0.15) is 10.6 Å². The first-order valence-corrected chi connectivity index (χ1v) is 8.39. The summed E-state index contributed by atoms with van der Waals surface area (Å²) in [6.07, 6.45) is 2.62. The van der Waals surface area contributed by atoms with Crippen LogP contribution in [0.5, 0.6) is 0 Å². The zero-order valence-corrected chi connectivity index (χ0v) is 13.0. The molecule has 0 spiro atoms. The van der Waals surface area contributed by atoms with E-state index in [0.29, 0.717) is 17.4 Å². The number of hydrogen-bond donors (Lipinski definition) is 0. The minimum atomic E-state index is 0.357. The lowest BCUT2D eigenvalue weighted by Gasteiger charge is -2.43. The average molecular weight is 309 g/mol. The van der Waals surface area contributed by atoms with Crippen LogP contribution in [-0.4, -0.2) is 46.6 Å². The van der Waals surface area contributed by atoms with Crippen molar-refractivity contribution in [1.82, 2.24) is 14.9 Å². The molecule has 0 amide bonds. The van der Waals surface area contributed by atoms with Gasteiger partial charge >= 0.3 is 0 Å². The first-order chi connectivity index (χ1) is 9.72. The summed E-state index contributed by atoms with van der Waals surface area (Å²) in [5.74, 6) is 1.01. The van der Waals surface area contributed by atoms with Crippen LogP contribution in [0.4, 0.5) is 5.82 Å². The van der Waals surface area contributed by atoms with Crippen LogP contribution in [0.25, 0.3) is 10.2 Å². The summed E-state index contributed by atoms with van der Waals surface area (Å²) in [6.45, 7) is 5.71. The zero-order chi connectivity index (χ0) is 13.7. The van der Waals surface area contributed by atoms with E-state index in [9.17, 15) is 0 Å². The van der Waals surface area contributed by atoms with Crippen molar-refractivity contribution in [3.63, 3.8) is 0 Å². The predicted molar refractivity (Wildman–Crippen MR) is 83.8 cm³/mol. The number of anilines is 1. The molecule has 4 nitrogen and oxygen atoms in total. The summed E-state index contributed by atoms with van der Waals surface area (Å²) in [7, 11) is 0. The molecule has 2 aromatic rings. The average Bonchev–Trinajstić information content (AvgIpc) is 3.04. The Morgan fingerprint density at radius 3 is 3.15 bits per heavy atom. The molecule has 4 heterocycles. The predicted octanol–water partition coefficient (Wildman–Crippen LogP) is 3.02. The summed E-state index contributed by atoms with van der Waals surface area (Å²) < 4.78 is 0. The van der Waals surface area contributed by atoms with Crippen LogP contribution in [-0.2, 0) is 0 Å². The summed E-state index contributed by atoms with van der Waals surface area (Å²) in [5.41, 5.74) is 0. The normalized spacial score (nSPS) is 27.2. The van der Waals surface area contributed by atoms with E-state index >= 15 is 0 Å². The van der Waals surface area contributed by atoms with E-state index in [1.165, 1.54) is 19.4 Å². The molecule has 6 heteroatoms. The second-order valence-corrected chi connectivity index (χ2v) is 6.98. The van der Waals surface area contributed by atoms with Crippen LogP contribution >= 0.6 is 22.9 Å². The lowest BCUT2D eigenvalue weighted by atomic mass is 10.1. The van der Waals surface area contributed by atoms with Gasteiger partial charge in [-0.2, -0.15) is 4.98 Å². The third kappa shape index (κ3) is 2.00. The first-order valence-electron chi connectivity index (χ1n) is 7.14. The number of thiophene rings is 1. The smallest absolute Gasteiger partial charge is 0.225 e. The van der Waals surface area contributed by atoms with Crippen molar-refractivity contribution in [3.05, 3.63) is 16.7 Å². The number of aromatic nitrogens is 2. The summed E-state index contributed by atoms with van der Waals surface area (Å²) in [4.78, 5) is 14.9. The standard InChI is InChI=1S/C14H17ClN4S/c1-9-7-18-5-2-3-10(18)8-19(9)12-11-4-6-20-13(11)17-14(15)16-12/h4,6,9-10H,2-3,5,7-8H2,1H3. The highest BCUT2D eigenvalue weighted by Gasteiger charge is 2.35. The van der Waals surface area contributed by atoms with Crippen molar-refractivity contribution in [1.29, 1.82) is 0 Å². The van der Waals surface area contributed by atoms with E-state index in [4.69, 9.17) is 11.6 Å². The van der Waals surface area contributed by atoms with E-state index in [1.54, 1.807) is 11.3 Å². The Labute approximate surface area is 127 Å². The minimum Gasteiger partial charge on any atom is -0.350 e. The molecule has 2 aromatic heterocycles. The molecule has 0 saturated carbocycles. The van der Waals surface area contributed by atoms with Crippen LogP contribution in [0, 0.1) is 0 Å². The van der Waals surface area contributed by atoms with Crippen molar-refractivity contribution < 1.29 is 0 Å². The highest BCUT2D eigenvalue weighted by Crippen LogP contribution is 2.33. The maximum atomic E-state index is 6.11. The number of halogens is 1. The van der Waals surface area contributed by atoms with Crippen LogP contribution in [0.2, 0.25) is 5.28 Å². The van der Waals surface area contributed by atoms with E-state index in [0.717, 1.165) is 29.1 Å². The first kappa shape index (κ1) is 12.8. The van der Waals surface area contributed by atoms with Gasteiger partial charge in [0, 0.05) is 25.2 Å². The zero-order valence-electron chi connectivity index (χ0n) is 11.4. The molecule has 0 aromatic carbocycles. The van der Waals surface area contributed by atoms with Gasteiger partial charge in [-0.3, -0.25) is 4.90 Å². The summed E-state index contributed by atoms with van der Waals surface area (Å²) in [6, 6.07) is 3.26. The molecule has 0 bridgehead atoms. The molecule has 20 heavy (non-hydrogen) atoms. The number of nitrogens with zero attached hydrogens (tertiary/aromatic N) is 4. The monoisotopic (exact) mass is 308 g/mol. The van der Waals surface area contributed by atoms with Gasteiger partial charge in [0.25, 0.3) is 0 Å². The molecule has 4 rings (SSSR count). The SMILES string of the molecule is CC1CN2CCCC2CN1c1nc(Cl)nc2sccc12. The van der Waals surface area contributed by atoms with E-state index < -0.39 is 0 Å². The molecule has 106 valence electrons. The van der Waals surface area contributed by atoms with Crippen LogP contribution in [0.1, 0.15) is 19.8 Å². The van der Waals surface area contributed by atoms with Gasteiger partial charge < -0.3 is 4.90 Å². The van der Waals surface area contributed by atoms with E-state index in [2.05, 4.69) is 38.1 Å². The van der Waals surface area contributed by atoms with E-state index in [1.807, 2.05) is 0 Å². The number of hydrogen-bond acceptors (Lipinski definition) is 5. The number of fused-ring (bicyclic) bond motifs is 2. The van der Waals surface area contributed by atoms with Gasteiger partial charge in [0.2, 0.25) is 5.28 Å². The molecule has 2 unspecified atom stereocenters. The molecule has 0 radical (unpaired) electrons. The lowest BCUT2D eigenvalue weighted by Crippen LogP contribution is -2.55. The highest BCUT2D eigenvalue weighted by molar-refractivity contribution is 7.16. The Kier molecular flexibility index (Phi) is 3.09. The summed E-state index contributed by atoms with van der Waals surface area (Å²) >= 11 is 7.73. The van der Waals surface area contributed by atoms with Crippen molar-refractivity contribution in [2.75, 3.05) is 24.5 Å². The second-order valence-electron chi connectivity index (χ2n) is 5.75. The van der Waals surface area contributed by atoms with Gasteiger partial charge in [-0.05, 0) is 49.4 Å². The van der Waals surface area contributed by atoms with Crippen molar-refractivity contribution in [3.8, 4) is 0 Å². The topological polar surface area (TPSA) is 32.3 Å². The quantitative estimate of drug-likeness (QED) is 0.758. The maximum absolute atomic E-state index is 6.11. The number of piperazine rings is 1. The molecule has 2 saturated heterocycles. The Morgan fingerprint density at radius 2 is 2.25 bits per heavy atom. The minimum absolute atomic E-state index is 0.357. The number of rotatable bonds is 1. The Balaban J connectivity index is 1.76. The van der Waals surface area contributed by atoms with Gasteiger partial charge in [0.05, 0.1) is 5.39 Å². The largest absolute Gasteiger partial charge is 0.350 e. The Bertz CT molecular complexity index is 643. The third-order valence-electron chi connectivity index (χ3n) is 4.49. The summed E-state index contributed by atoms with van der Waals surface area (Å²) in [5, 5.41) is 3.56. The highest BCUT2D eigenvalue weighted by atomic mass is 35.5. The Hall–Kier alpha value is -0.910. The van der Waals surface area contributed by atoms with Crippen molar-refractivity contribution in [2.45, 2.75) is 31.8 Å². The molecule has 2 aliphatic rings. The fourth-order valence-corrected chi connectivity index (χ4v) is 4.49. The fraction of sp³-hybridized carbons (Fsp3) is 0.571. The molecule has 2 fully saturated rings. The Morgan fingerprint density at radius 1 is 1.35 bits per heavy atom. The molecule has 2 atom stereocenters. The molecule has 0 N–H and O–H groups in total. The molecule has 0 aliphatic carbocycles. The lowest BCUT2D eigenvalue weighted by molar-refractivity contribution is 0.202.